The quantitative estimate of drug-likeness (QED) is 0.568. The van der Waals surface area contributed by atoms with Crippen LogP contribution >= 0.6 is 0 Å². The standard InChI is InChI=1S/C24H25N3O4S2/c1-17-11-13-21(14-12-17)33(30,31)27-24(22-10-5-4-7-18(22)2)16-23(25-27)19-8-6-9-20(15-19)26-32(3,28)29/h4-15,24,26H,16H2,1-3H3/t24-/m0/s1. The fourth-order valence-electron chi connectivity index (χ4n) is 3.87. The van der Waals surface area contributed by atoms with E-state index in [1.54, 1.807) is 48.5 Å². The van der Waals surface area contributed by atoms with Crippen molar-refractivity contribution in [3.05, 3.63) is 95.1 Å². The Morgan fingerprint density at radius 3 is 2.27 bits per heavy atom. The second-order valence-electron chi connectivity index (χ2n) is 8.17. The van der Waals surface area contributed by atoms with Crippen LogP contribution in [0.4, 0.5) is 5.69 Å². The molecule has 0 aromatic heterocycles. The molecule has 0 spiro atoms. The maximum Gasteiger partial charge on any atom is 0.279 e. The normalized spacial score (nSPS) is 16.5. The first kappa shape index (κ1) is 23.0. The molecule has 3 aromatic rings. The van der Waals surface area contributed by atoms with E-state index in [-0.39, 0.29) is 4.90 Å². The Hall–Kier alpha value is -3.17. The Morgan fingerprint density at radius 2 is 1.61 bits per heavy atom. The second-order valence-corrected chi connectivity index (χ2v) is 11.7. The number of rotatable bonds is 6. The number of sulfonamides is 2. The van der Waals surface area contributed by atoms with Gasteiger partial charge in [-0.3, -0.25) is 4.72 Å². The minimum atomic E-state index is -3.92. The van der Waals surface area contributed by atoms with Crippen LogP contribution in [0.5, 0.6) is 0 Å². The molecular weight excluding hydrogens is 458 g/mol. The van der Waals surface area contributed by atoms with Crippen molar-refractivity contribution in [3.63, 3.8) is 0 Å². The number of nitrogens with zero attached hydrogens (tertiary/aromatic N) is 2. The molecule has 0 unspecified atom stereocenters. The number of hydrazone groups is 1. The summed E-state index contributed by atoms with van der Waals surface area (Å²) in [4.78, 5) is 0.171. The van der Waals surface area contributed by atoms with Crippen molar-refractivity contribution in [1.82, 2.24) is 4.41 Å². The Kier molecular flexibility index (Phi) is 6.02. The summed E-state index contributed by atoms with van der Waals surface area (Å²) in [6.45, 7) is 3.84. The van der Waals surface area contributed by atoms with Crippen LogP contribution in [0.1, 0.15) is 34.7 Å². The van der Waals surface area contributed by atoms with Crippen LogP contribution in [0.25, 0.3) is 0 Å². The highest BCUT2D eigenvalue weighted by atomic mass is 32.2. The molecule has 9 heteroatoms. The second kappa shape index (κ2) is 8.64. The summed E-state index contributed by atoms with van der Waals surface area (Å²) in [7, 11) is -7.36. The van der Waals surface area contributed by atoms with Gasteiger partial charge in [0.1, 0.15) is 0 Å². The highest BCUT2D eigenvalue weighted by molar-refractivity contribution is 7.92. The molecule has 1 aliphatic heterocycles. The predicted octanol–water partition coefficient (Wildman–Crippen LogP) is 4.21. The van der Waals surface area contributed by atoms with Crippen LogP contribution in [-0.4, -0.2) is 33.2 Å². The Labute approximate surface area is 194 Å². The minimum absolute atomic E-state index is 0.171. The van der Waals surface area contributed by atoms with E-state index >= 15 is 0 Å². The average molecular weight is 484 g/mol. The van der Waals surface area contributed by atoms with Gasteiger partial charge in [-0.25, -0.2) is 8.42 Å². The number of anilines is 1. The van der Waals surface area contributed by atoms with Gasteiger partial charge in [-0.05, 0) is 54.8 Å². The fourth-order valence-corrected chi connectivity index (χ4v) is 5.85. The number of aryl methyl sites for hydroxylation is 2. The largest absolute Gasteiger partial charge is 0.284 e. The summed E-state index contributed by atoms with van der Waals surface area (Å²) < 4.78 is 54.1. The number of hydrogen-bond donors (Lipinski definition) is 1. The van der Waals surface area contributed by atoms with Crippen LogP contribution < -0.4 is 4.72 Å². The molecule has 1 aliphatic rings. The molecule has 0 bridgehead atoms. The summed E-state index contributed by atoms with van der Waals surface area (Å²) in [5, 5.41) is 4.55. The van der Waals surface area contributed by atoms with Gasteiger partial charge in [0, 0.05) is 12.1 Å². The van der Waals surface area contributed by atoms with Crippen molar-refractivity contribution in [2.45, 2.75) is 31.2 Å². The van der Waals surface area contributed by atoms with E-state index in [1.807, 2.05) is 38.1 Å². The van der Waals surface area contributed by atoms with Crippen LogP contribution in [0.3, 0.4) is 0 Å². The summed E-state index contributed by atoms with van der Waals surface area (Å²) in [6, 6.07) is 20.6. The van der Waals surface area contributed by atoms with Crippen LogP contribution in [0.2, 0.25) is 0 Å². The number of benzene rings is 3. The van der Waals surface area contributed by atoms with E-state index in [2.05, 4.69) is 9.82 Å². The van der Waals surface area contributed by atoms with Crippen molar-refractivity contribution in [2.24, 2.45) is 5.10 Å². The molecule has 0 aliphatic carbocycles. The van der Waals surface area contributed by atoms with Crippen molar-refractivity contribution < 1.29 is 16.8 Å². The van der Waals surface area contributed by atoms with E-state index < -0.39 is 26.1 Å². The summed E-state index contributed by atoms with van der Waals surface area (Å²) in [6.07, 6.45) is 1.44. The van der Waals surface area contributed by atoms with Gasteiger partial charge in [0.2, 0.25) is 10.0 Å². The van der Waals surface area contributed by atoms with E-state index in [0.29, 0.717) is 23.4 Å². The first-order valence-electron chi connectivity index (χ1n) is 10.4. The molecule has 7 nitrogen and oxygen atoms in total. The van der Waals surface area contributed by atoms with Crippen molar-refractivity contribution in [2.75, 3.05) is 11.0 Å². The predicted molar refractivity (Wildman–Crippen MR) is 130 cm³/mol. The lowest BCUT2D eigenvalue weighted by Crippen LogP contribution is -2.27. The molecule has 1 heterocycles. The zero-order valence-corrected chi connectivity index (χ0v) is 20.2. The lowest BCUT2D eigenvalue weighted by atomic mass is 9.96. The smallest absolute Gasteiger partial charge is 0.279 e. The maximum atomic E-state index is 13.6. The van der Waals surface area contributed by atoms with Crippen molar-refractivity contribution >= 4 is 31.4 Å². The monoisotopic (exact) mass is 483 g/mol. The zero-order chi connectivity index (χ0) is 23.8. The van der Waals surface area contributed by atoms with Crippen LogP contribution in [-0.2, 0) is 20.0 Å². The molecule has 0 saturated carbocycles. The van der Waals surface area contributed by atoms with Crippen molar-refractivity contribution in [1.29, 1.82) is 0 Å². The SMILES string of the molecule is Cc1ccc(S(=O)(=O)N2N=C(c3cccc(NS(C)(=O)=O)c3)C[C@H]2c2ccccc2C)cc1. The summed E-state index contributed by atoms with van der Waals surface area (Å²) >= 11 is 0. The summed E-state index contributed by atoms with van der Waals surface area (Å²) in [5.74, 6) is 0. The highest BCUT2D eigenvalue weighted by Gasteiger charge is 2.38. The van der Waals surface area contributed by atoms with E-state index in [0.717, 1.165) is 22.9 Å². The molecule has 1 atom stereocenters. The number of hydrogen-bond acceptors (Lipinski definition) is 5. The lowest BCUT2D eigenvalue weighted by molar-refractivity contribution is 0.370. The van der Waals surface area contributed by atoms with Gasteiger partial charge in [0.05, 0.1) is 22.9 Å². The molecular formula is C24H25N3O4S2. The molecule has 0 fully saturated rings. The van der Waals surface area contributed by atoms with Crippen molar-refractivity contribution in [3.8, 4) is 0 Å². The molecule has 0 saturated heterocycles. The molecule has 33 heavy (non-hydrogen) atoms. The van der Waals surface area contributed by atoms with E-state index in [4.69, 9.17) is 0 Å². The van der Waals surface area contributed by atoms with Gasteiger partial charge in [-0.1, -0.05) is 54.1 Å². The van der Waals surface area contributed by atoms with Crippen LogP contribution in [0, 0.1) is 13.8 Å². The van der Waals surface area contributed by atoms with Gasteiger partial charge in [-0.15, -0.1) is 0 Å². The van der Waals surface area contributed by atoms with E-state index in [9.17, 15) is 16.8 Å². The van der Waals surface area contributed by atoms with Crippen LogP contribution in [0.15, 0.2) is 82.8 Å². The topological polar surface area (TPSA) is 95.9 Å². The molecule has 0 amide bonds. The van der Waals surface area contributed by atoms with Gasteiger partial charge in [-0.2, -0.15) is 17.9 Å². The third-order valence-corrected chi connectivity index (χ3v) is 7.79. The van der Waals surface area contributed by atoms with Gasteiger partial charge < -0.3 is 0 Å². The first-order chi connectivity index (χ1) is 15.5. The van der Waals surface area contributed by atoms with Gasteiger partial charge in [0.25, 0.3) is 10.0 Å². The average Bonchev–Trinajstić information content (AvgIpc) is 3.20. The third-order valence-electron chi connectivity index (χ3n) is 5.48. The molecule has 4 rings (SSSR count). The Bertz CT molecular complexity index is 1430. The minimum Gasteiger partial charge on any atom is -0.284 e. The van der Waals surface area contributed by atoms with Gasteiger partial charge >= 0.3 is 0 Å². The molecule has 172 valence electrons. The summed E-state index contributed by atoms with van der Waals surface area (Å²) in [5.41, 5.74) is 4.42. The van der Waals surface area contributed by atoms with E-state index in [1.165, 1.54) is 4.41 Å². The molecule has 1 N–H and O–H groups in total. The number of nitrogens with one attached hydrogen (secondary N) is 1. The Balaban J connectivity index is 1.80. The van der Waals surface area contributed by atoms with Gasteiger partial charge in [0.15, 0.2) is 0 Å². The molecule has 3 aromatic carbocycles. The molecule has 0 radical (unpaired) electrons. The lowest BCUT2D eigenvalue weighted by Gasteiger charge is -2.24. The maximum absolute atomic E-state index is 13.6. The first-order valence-corrected chi connectivity index (χ1v) is 13.7. The highest BCUT2D eigenvalue weighted by Crippen LogP contribution is 2.38. The fraction of sp³-hybridized carbons (Fsp3) is 0.208. The Morgan fingerprint density at radius 1 is 0.909 bits per heavy atom. The third kappa shape index (κ3) is 4.94. The zero-order valence-electron chi connectivity index (χ0n) is 18.6.